The fourth-order valence-corrected chi connectivity index (χ4v) is 4.06. The lowest BCUT2D eigenvalue weighted by Crippen LogP contribution is -2.46. The summed E-state index contributed by atoms with van der Waals surface area (Å²) in [5, 5.41) is 15.1. The molecule has 0 fully saturated rings. The third-order valence-electron chi connectivity index (χ3n) is 5.85. The molecular formula is C23H29N3O7. The van der Waals surface area contributed by atoms with E-state index in [9.17, 15) is 24.3 Å². The maximum atomic E-state index is 12.6. The minimum atomic E-state index is -1.19. The Morgan fingerprint density at radius 1 is 1.21 bits per heavy atom. The molecule has 1 aliphatic carbocycles. The van der Waals surface area contributed by atoms with Crippen molar-refractivity contribution in [3.8, 4) is 5.75 Å². The number of aryl methyl sites for hydroxylation is 2. The van der Waals surface area contributed by atoms with Crippen molar-refractivity contribution in [2.24, 2.45) is 5.73 Å². The Kier molecular flexibility index (Phi) is 7.57. The summed E-state index contributed by atoms with van der Waals surface area (Å²) in [5.74, 6) is -1.42. The average molecular weight is 459 g/mol. The summed E-state index contributed by atoms with van der Waals surface area (Å²) in [6.07, 6.45) is 2.96. The number of nitrogens with two attached hydrogens (primary N) is 1. The van der Waals surface area contributed by atoms with E-state index in [1.807, 2.05) is 6.07 Å². The number of carbonyl (C=O) groups is 3. The minimum Gasteiger partial charge on any atom is -0.480 e. The number of aliphatic carboxylic acids is 1. The molecule has 1 aromatic heterocycles. The van der Waals surface area contributed by atoms with Gasteiger partial charge >= 0.3 is 17.6 Å². The third-order valence-corrected chi connectivity index (χ3v) is 5.85. The second kappa shape index (κ2) is 10.4. The Balaban J connectivity index is 1.71. The van der Waals surface area contributed by atoms with Crippen LogP contribution in [0.2, 0.25) is 0 Å². The average Bonchev–Trinajstić information content (AvgIpc) is 2.77. The molecule has 2 aromatic rings. The molecule has 0 unspecified atom stereocenters. The summed E-state index contributed by atoms with van der Waals surface area (Å²) in [6.45, 7) is 3.47. The topological polar surface area (TPSA) is 161 Å². The number of carboxylic acid groups (broad SMARTS) is 1. The molecule has 2 atom stereocenters. The van der Waals surface area contributed by atoms with E-state index in [0.717, 1.165) is 35.8 Å². The maximum absolute atomic E-state index is 12.6. The SMILES string of the molecule is Cc1c(O[C@H](C)C(=O)N[C@@H](CCCNC(N)=O)C(=O)O)ccc2c3c(c(=O)oc12)CCCC3. The zero-order chi connectivity index (χ0) is 24.1. The smallest absolute Gasteiger partial charge is 0.339 e. The molecule has 1 aromatic carbocycles. The first kappa shape index (κ1) is 24.1. The Bertz CT molecular complexity index is 1130. The van der Waals surface area contributed by atoms with Crippen molar-refractivity contribution in [3.05, 3.63) is 39.2 Å². The molecule has 0 radical (unpaired) electrons. The van der Waals surface area contributed by atoms with E-state index < -0.39 is 30.1 Å². The van der Waals surface area contributed by atoms with E-state index in [4.69, 9.17) is 14.9 Å². The van der Waals surface area contributed by atoms with Crippen LogP contribution in [-0.2, 0) is 22.4 Å². The van der Waals surface area contributed by atoms with Crippen molar-refractivity contribution in [2.45, 2.75) is 64.5 Å². The first-order chi connectivity index (χ1) is 15.7. The van der Waals surface area contributed by atoms with Crippen LogP contribution in [0.15, 0.2) is 21.3 Å². The van der Waals surface area contributed by atoms with Gasteiger partial charge in [-0.25, -0.2) is 14.4 Å². The maximum Gasteiger partial charge on any atom is 0.339 e. The molecule has 33 heavy (non-hydrogen) atoms. The van der Waals surface area contributed by atoms with Crippen LogP contribution in [0.1, 0.15) is 49.3 Å². The molecule has 178 valence electrons. The van der Waals surface area contributed by atoms with Gasteiger partial charge in [-0.2, -0.15) is 0 Å². The molecule has 0 bridgehead atoms. The van der Waals surface area contributed by atoms with Gasteiger partial charge in [0.05, 0.1) is 0 Å². The first-order valence-corrected chi connectivity index (χ1v) is 11.0. The summed E-state index contributed by atoms with van der Waals surface area (Å²) in [7, 11) is 0. The normalized spacial score (nSPS) is 14.7. The van der Waals surface area contributed by atoms with Gasteiger partial charge < -0.3 is 30.6 Å². The standard InChI is InChI=1S/C23H29N3O7/c1-12-18(10-9-15-14-6-3-4-7-16(14)22(30)33-19(12)15)32-13(2)20(27)26-17(21(28)29)8-5-11-25-23(24)31/h9-10,13,17H,3-8,11H2,1-2H3,(H,26,27)(H,28,29)(H3,24,25,31)/t13-,17+/m1/s1. The molecule has 10 nitrogen and oxygen atoms in total. The zero-order valence-electron chi connectivity index (χ0n) is 18.7. The van der Waals surface area contributed by atoms with Crippen LogP contribution in [-0.4, -0.2) is 41.7 Å². The second-order valence-electron chi connectivity index (χ2n) is 8.21. The van der Waals surface area contributed by atoms with Crippen LogP contribution < -0.4 is 26.7 Å². The number of urea groups is 1. The van der Waals surface area contributed by atoms with Crippen LogP contribution in [0.5, 0.6) is 5.75 Å². The molecule has 0 aliphatic heterocycles. The van der Waals surface area contributed by atoms with Crippen LogP contribution in [0.3, 0.4) is 0 Å². The molecule has 3 rings (SSSR count). The third kappa shape index (κ3) is 5.63. The molecule has 1 heterocycles. The highest BCUT2D eigenvalue weighted by Gasteiger charge is 2.25. The van der Waals surface area contributed by atoms with Crippen LogP contribution in [0.25, 0.3) is 11.0 Å². The van der Waals surface area contributed by atoms with E-state index >= 15 is 0 Å². The number of hydrogen-bond donors (Lipinski definition) is 4. The van der Waals surface area contributed by atoms with Gasteiger partial charge in [0.15, 0.2) is 6.10 Å². The monoisotopic (exact) mass is 459 g/mol. The largest absolute Gasteiger partial charge is 0.480 e. The summed E-state index contributed by atoms with van der Waals surface area (Å²) < 4.78 is 11.4. The molecule has 0 saturated carbocycles. The van der Waals surface area contributed by atoms with Crippen molar-refractivity contribution < 1.29 is 28.6 Å². The molecular weight excluding hydrogens is 430 g/mol. The van der Waals surface area contributed by atoms with Crippen molar-refractivity contribution in [1.29, 1.82) is 0 Å². The summed E-state index contributed by atoms with van der Waals surface area (Å²) in [5.41, 5.74) is 7.44. The molecule has 0 saturated heterocycles. The fraction of sp³-hybridized carbons (Fsp3) is 0.478. The molecule has 0 spiro atoms. The number of rotatable bonds is 9. The number of carbonyl (C=O) groups excluding carboxylic acids is 2. The van der Waals surface area contributed by atoms with Crippen LogP contribution in [0.4, 0.5) is 4.79 Å². The molecule has 1 aliphatic rings. The van der Waals surface area contributed by atoms with Gasteiger partial charge in [-0.1, -0.05) is 0 Å². The van der Waals surface area contributed by atoms with Gasteiger partial charge in [-0.05, 0) is 70.1 Å². The van der Waals surface area contributed by atoms with E-state index in [2.05, 4.69) is 10.6 Å². The second-order valence-corrected chi connectivity index (χ2v) is 8.21. The van der Waals surface area contributed by atoms with Crippen molar-refractivity contribution in [2.75, 3.05) is 6.54 Å². The number of hydrogen-bond acceptors (Lipinski definition) is 6. The highest BCUT2D eigenvalue weighted by molar-refractivity contribution is 5.88. The number of nitrogens with one attached hydrogen (secondary N) is 2. The number of fused-ring (bicyclic) bond motifs is 3. The predicted octanol–water partition coefficient (Wildman–Crippen LogP) is 1.77. The Morgan fingerprint density at radius 2 is 1.91 bits per heavy atom. The highest BCUT2D eigenvalue weighted by atomic mass is 16.5. The lowest BCUT2D eigenvalue weighted by molar-refractivity contribution is -0.143. The number of ether oxygens (including phenoxy) is 1. The molecule has 10 heteroatoms. The first-order valence-electron chi connectivity index (χ1n) is 11.0. The Morgan fingerprint density at radius 3 is 2.58 bits per heavy atom. The van der Waals surface area contributed by atoms with Gasteiger partial charge in [0, 0.05) is 23.1 Å². The van der Waals surface area contributed by atoms with Crippen molar-refractivity contribution >= 4 is 28.9 Å². The number of amides is 3. The van der Waals surface area contributed by atoms with Gasteiger partial charge in [-0.15, -0.1) is 0 Å². The van der Waals surface area contributed by atoms with Crippen LogP contribution >= 0.6 is 0 Å². The van der Waals surface area contributed by atoms with E-state index in [1.54, 1.807) is 13.0 Å². The van der Waals surface area contributed by atoms with E-state index in [1.165, 1.54) is 6.92 Å². The number of carboxylic acids is 1. The number of benzene rings is 1. The van der Waals surface area contributed by atoms with E-state index in [0.29, 0.717) is 29.7 Å². The quantitative estimate of drug-likeness (QED) is 0.328. The molecule has 3 amide bonds. The fourth-order valence-electron chi connectivity index (χ4n) is 4.06. The Hall–Kier alpha value is -3.56. The van der Waals surface area contributed by atoms with E-state index in [-0.39, 0.29) is 18.6 Å². The van der Waals surface area contributed by atoms with Crippen molar-refractivity contribution in [3.63, 3.8) is 0 Å². The summed E-state index contributed by atoms with van der Waals surface area (Å²) in [4.78, 5) is 47.2. The van der Waals surface area contributed by atoms with Gasteiger partial charge in [0.1, 0.15) is 17.4 Å². The van der Waals surface area contributed by atoms with Gasteiger partial charge in [0.2, 0.25) is 0 Å². The summed E-state index contributed by atoms with van der Waals surface area (Å²) in [6, 6.07) is 1.73. The van der Waals surface area contributed by atoms with Gasteiger partial charge in [0.25, 0.3) is 5.91 Å². The van der Waals surface area contributed by atoms with Crippen LogP contribution in [0, 0.1) is 6.92 Å². The summed E-state index contributed by atoms with van der Waals surface area (Å²) >= 11 is 0. The minimum absolute atomic E-state index is 0.110. The van der Waals surface area contributed by atoms with Crippen molar-refractivity contribution in [1.82, 2.24) is 10.6 Å². The Labute approximate surface area is 190 Å². The molecule has 5 N–H and O–H groups in total. The van der Waals surface area contributed by atoms with Gasteiger partial charge in [-0.3, -0.25) is 4.79 Å². The lowest BCUT2D eigenvalue weighted by atomic mass is 9.90. The number of primary amides is 1. The predicted molar refractivity (Wildman–Crippen MR) is 120 cm³/mol. The lowest BCUT2D eigenvalue weighted by Gasteiger charge is -2.21. The zero-order valence-corrected chi connectivity index (χ0v) is 18.7. The highest BCUT2D eigenvalue weighted by Crippen LogP contribution is 2.32.